The van der Waals surface area contributed by atoms with Crippen molar-refractivity contribution < 1.29 is 4.79 Å². The topological polar surface area (TPSA) is 55.1 Å². The van der Waals surface area contributed by atoms with Gasteiger partial charge >= 0.3 is 0 Å². The van der Waals surface area contributed by atoms with Gasteiger partial charge in [-0.3, -0.25) is 4.79 Å². The fourth-order valence-corrected chi connectivity index (χ4v) is 4.68. The Labute approximate surface area is 137 Å². The van der Waals surface area contributed by atoms with E-state index in [-0.39, 0.29) is 24.4 Å². The van der Waals surface area contributed by atoms with Crippen molar-refractivity contribution in [2.45, 2.75) is 51.5 Å². The van der Waals surface area contributed by atoms with Gasteiger partial charge < -0.3 is 11.1 Å². The van der Waals surface area contributed by atoms with Crippen molar-refractivity contribution in [3.05, 3.63) is 21.4 Å². The maximum absolute atomic E-state index is 12.4. The minimum Gasteiger partial charge on any atom is -0.348 e. The first kappa shape index (κ1) is 16.8. The number of hydrogen-bond acceptors (Lipinski definition) is 3. The normalized spacial score (nSPS) is 27.8. The van der Waals surface area contributed by atoms with Crippen molar-refractivity contribution in [2.75, 3.05) is 6.54 Å². The number of aryl methyl sites for hydroxylation is 1. The van der Waals surface area contributed by atoms with Crippen molar-refractivity contribution >= 4 is 29.7 Å². The summed E-state index contributed by atoms with van der Waals surface area (Å²) in [5, 5.41) is 3.21. The summed E-state index contributed by atoms with van der Waals surface area (Å²) < 4.78 is 0. The van der Waals surface area contributed by atoms with Crippen LogP contribution in [-0.2, 0) is 12.8 Å². The Balaban J connectivity index is 0.00000161. The molecule has 21 heavy (non-hydrogen) atoms. The van der Waals surface area contributed by atoms with Crippen LogP contribution >= 0.6 is 23.7 Å². The van der Waals surface area contributed by atoms with Crippen molar-refractivity contribution in [3.8, 4) is 0 Å². The van der Waals surface area contributed by atoms with Crippen molar-refractivity contribution in [1.29, 1.82) is 0 Å². The lowest BCUT2D eigenvalue weighted by Crippen LogP contribution is -2.39. The Hall–Kier alpha value is -0.580. The van der Waals surface area contributed by atoms with Gasteiger partial charge in [0.1, 0.15) is 0 Å². The Morgan fingerprint density at radius 1 is 1.43 bits per heavy atom. The van der Waals surface area contributed by atoms with Crippen LogP contribution in [0.25, 0.3) is 0 Å². The van der Waals surface area contributed by atoms with Gasteiger partial charge in [-0.15, -0.1) is 23.7 Å². The van der Waals surface area contributed by atoms with Gasteiger partial charge in [-0.1, -0.05) is 13.3 Å². The molecular formula is C16H25ClN2OS. The highest BCUT2D eigenvalue weighted by atomic mass is 35.5. The van der Waals surface area contributed by atoms with E-state index in [1.807, 2.05) is 0 Å². The second kappa shape index (κ2) is 7.12. The zero-order valence-corrected chi connectivity index (χ0v) is 14.2. The summed E-state index contributed by atoms with van der Waals surface area (Å²) >= 11 is 1.69. The highest BCUT2D eigenvalue weighted by Crippen LogP contribution is 2.32. The van der Waals surface area contributed by atoms with E-state index >= 15 is 0 Å². The first-order valence-electron chi connectivity index (χ1n) is 7.80. The highest BCUT2D eigenvalue weighted by molar-refractivity contribution is 7.14. The van der Waals surface area contributed by atoms with E-state index < -0.39 is 0 Å². The molecule has 0 radical (unpaired) electrons. The second-order valence-corrected chi connectivity index (χ2v) is 7.55. The lowest BCUT2D eigenvalue weighted by Gasteiger charge is -2.18. The number of carbonyl (C=O) groups excluding carboxylic acids is 1. The number of fused-ring (bicyclic) bond motifs is 1. The zero-order valence-electron chi connectivity index (χ0n) is 12.6. The summed E-state index contributed by atoms with van der Waals surface area (Å²) in [6.07, 6.45) is 6.95. The van der Waals surface area contributed by atoms with Crippen LogP contribution in [0, 0.1) is 11.8 Å². The molecule has 1 fully saturated rings. The van der Waals surface area contributed by atoms with E-state index in [0.29, 0.717) is 12.5 Å². The lowest BCUT2D eigenvalue weighted by molar-refractivity contribution is 0.0933. The zero-order chi connectivity index (χ0) is 14.1. The maximum Gasteiger partial charge on any atom is 0.261 e. The Kier molecular flexibility index (Phi) is 5.69. The maximum atomic E-state index is 12.4. The fourth-order valence-electron chi connectivity index (χ4n) is 3.57. The smallest absolute Gasteiger partial charge is 0.261 e. The largest absolute Gasteiger partial charge is 0.348 e. The molecule has 2 aliphatic carbocycles. The third-order valence-electron chi connectivity index (χ3n) is 4.83. The molecule has 0 aromatic carbocycles. The molecule has 1 aromatic rings. The monoisotopic (exact) mass is 328 g/mol. The minimum absolute atomic E-state index is 0. The van der Waals surface area contributed by atoms with Crippen LogP contribution in [0.3, 0.4) is 0 Å². The molecule has 3 atom stereocenters. The second-order valence-electron chi connectivity index (χ2n) is 6.41. The van der Waals surface area contributed by atoms with Crippen LogP contribution in [0.1, 0.15) is 52.7 Å². The average molecular weight is 329 g/mol. The molecule has 0 aliphatic heterocycles. The van der Waals surface area contributed by atoms with E-state index in [1.165, 1.54) is 23.3 Å². The van der Waals surface area contributed by atoms with Gasteiger partial charge in [0.2, 0.25) is 0 Å². The molecule has 3 unspecified atom stereocenters. The van der Waals surface area contributed by atoms with Crippen LogP contribution in [-0.4, -0.2) is 18.5 Å². The molecular weight excluding hydrogens is 304 g/mol. The molecule has 1 aromatic heterocycles. The Bertz CT molecular complexity index is 502. The molecule has 1 amide bonds. The average Bonchev–Trinajstić information content (AvgIpc) is 3.04. The van der Waals surface area contributed by atoms with E-state index in [0.717, 1.165) is 36.5 Å². The first-order valence-corrected chi connectivity index (χ1v) is 8.61. The van der Waals surface area contributed by atoms with Gasteiger partial charge in [0.05, 0.1) is 4.88 Å². The first-order chi connectivity index (χ1) is 9.67. The fraction of sp³-hybridized carbons (Fsp3) is 0.688. The third-order valence-corrected chi connectivity index (χ3v) is 6.07. The van der Waals surface area contributed by atoms with Gasteiger partial charge in [-0.25, -0.2) is 0 Å². The molecule has 118 valence electrons. The van der Waals surface area contributed by atoms with Crippen LogP contribution in [0.4, 0.5) is 0 Å². The SMILES string of the molecule is CC1CCc2sc(C(=O)NC3CCCC3CN)cc2C1.Cl. The minimum atomic E-state index is 0. The number of nitrogens with two attached hydrogens (primary N) is 1. The predicted octanol–water partition coefficient (Wildman–Crippen LogP) is 3.15. The molecule has 3 rings (SSSR count). The lowest BCUT2D eigenvalue weighted by atomic mass is 9.90. The third kappa shape index (κ3) is 3.61. The summed E-state index contributed by atoms with van der Waals surface area (Å²) in [5.74, 6) is 1.33. The highest BCUT2D eigenvalue weighted by Gasteiger charge is 2.28. The molecule has 1 heterocycles. The van der Waals surface area contributed by atoms with Crippen LogP contribution < -0.4 is 11.1 Å². The number of carbonyl (C=O) groups is 1. The van der Waals surface area contributed by atoms with Crippen LogP contribution in [0.15, 0.2) is 6.07 Å². The van der Waals surface area contributed by atoms with E-state index in [2.05, 4.69) is 18.3 Å². The summed E-state index contributed by atoms with van der Waals surface area (Å²) in [6.45, 7) is 2.98. The standard InChI is InChI=1S/C16H24N2OS.ClH/c1-10-5-6-14-12(7-10)8-15(20-14)16(19)18-13-4-2-3-11(13)9-17;/h8,10-11,13H,2-7,9,17H2,1H3,(H,18,19);1H. The summed E-state index contributed by atoms with van der Waals surface area (Å²) in [6, 6.07) is 2.41. The molecule has 3 nitrogen and oxygen atoms in total. The number of halogens is 1. The van der Waals surface area contributed by atoms with E-state index in [9.17, 15) is 4.79 Å². The summed E-state index contributed by atoms with van der Waals surface area (Å²) in [5.41, 5.74) is 7.19. The number of nitrogens with one attached hydrogen (secondary N) is 1. The van der Waals surface area contributed by atoms with Gasteiger partial charge in [-0.05, 0) is 62.1 Å². The van der Waals surface area contributed by atoms with Crippen molar-refractivity contribution in [1.82, 2.24) is 5.32 Å². The molecule has 0 bridgehead atoms. The molecule has 3 N–H and O–H groups in total. The molecule has 2 aliphatic rings. The van der Waals surface area contributed by atoms with Crippen LogP contribution in [0.5, 0.6) is 0 Å². The van der Waals surface area contributed by atoms with Gasteiger partial charge in [-0.2, -0.15) is 0 Å². The van der Waals surface area contributed by atoms with Crippen molar-refractivity contribution in [3.63, 3.8) is 0 Å². The number of hydrogen-bond donors (Lipinski definition) is 2. The Morgan fingerprint density at radius 3 is 3.00 bits per heavy atom. The number of thiophene rings is 1. The number of rotatable bonds is 3. The van der Waals surface area contributed by atoms with Crippen LogP contribution in [0.2, 0.25) is 0 Å². The summed E-state index contributed by atoms with van der Waals surface area (Å²) in [4.78, 5) is 14.7. The Morgan fingerprint density at radius 2 is 2.24 bits per heavy atom. The number of amides is 1. The summed E-state index contributed by atoms with van der Waals surface area (Å²) in [7, 11) is 0. The molecule has 0 saturated heterocycles. The predicted molar refractivity (Wildman–Crippen MR) is 90.4 cm³/mol. The van der Waals surface area contributed by atoms with Gasteiger partial charge in [0, 0.05) is 10.9 Å². The van der Waals surface area contributed by atoms with E-state index in [4.69, 9.17) is 5.73 Å². The molecule has 1 saturated carbocycles. The van der Waals surface area contributed by atoms with Gasteiger partial charge in [0.15, 0.2) is 0 Å². The van der Waals surface area contributed by atoms with Crippen molar-refractivity contribution in [2.24, 2.45) is 17.6 Å². The molecule has 5 heteroatoms. The van der Waals surface area contributed by atoms with E-state index in [1.54, 1.807) is 11.3 Å². The molecule has 0 spiro atoms. The quantitative estimate of drug-likeness (QED) is 0.895. The van der Waals surface area contributed by atoms with Gasteiger partial charge in [0.25, 0.3) is 5.91 Å².